The zero-order valence-corrected chi connectivity index (χ0v) is 13.0. The number of rotatable bonds is 4. The molecular weight excluding hydrogens is 306 g/mol. The smallest absolute Gasteiger partial charge is 0.335 e. The van der Waals surface area contributed by atoms with Gasteiger partial charge in [-0.1, -0.05) is 5.10 Å². The third-order valence-electron chi connectivity index (χ3n) is 4.17. The van der Waals surface area contributed by atoms with Gasteiger partial charge in [0.05, 0.1) is 18.2 Å². The Kier molecular flexibility index (Phi) is 3.82. The van der Waals surface area contributed by atoms with Crippen LogP contribution in [0.5, 0.6) is 11.8 Å². The molecule has 4 rings (SSSR count). The Balaban J connectivity index is 1.54. The van der Waals surface area contributed by atoms with Gasteiger partial charge in [-0.15, -0.1) is 5.10 Å². The molecule has 24 heavy (non-hydrogen) atoms. The fourth-order valence-electron chi connectivity index (χ4n) is 2.91. The van der Waals surface area contributed by atoms with Crippen molar-refractivity contribution in [2.24, 2.45) is 0 Å². The minimum absolute atomic E-state index is 0.113. The Hall–Kier alpha value is -2.96. The second kappa shape index (κ2) is 6.27. The van der Waals surface area contributed by atoms with Crippen molar-refractivity contribution in [2.75, 3.05) is 0 Å². The van der Waals surface area contributed by atoms with Gasteiger partial charge in [0.15, 0.2) is 0 Å². The highest BCUT2D eigenvalue weighted by atomic mass is 16.5. The predicted molar refractivity (Wildman–Crippen MR) is 86.9 cm³/mol. The average molecular weight is 323 g/mol. The molecule has 122 valence electrons. The third-order valence-corrected chi connectivity index (χ3v) is 4.17. The summed E-state index contributed by atoms with van der Waals surface area (Å²) in [5.41, 5.74) is 1.89. The molecule has 0 radical (unpaired) electrons. The van der Waals surface area contributed by atoms with E-state index in [1.165, 1.54) is 12.8 Å². The highest BCUT2D eigenvalue weighted by molar-refractivity contribution is 5.67. The first-order valence-corrected chi connectivity index (χ1v) is 7.98. The van der Waals surface area contributed by atoms with Gasteiger partial charge in [0, 0.05) is 24.0 Å². The highest BCUT2D eigenvalue weighted by Gasteiger charge is 2.18. The van der Waals surface area contributed by atoms with Crippen molar-refractivity contribution in [1.29, 1.82) is 0 Å². The Morgan fingerprint density at radius 2 is 2.04 bits per heavy atom. The topological polar surface area (TPSA) is 86.0 Å². The number of hydrogen-bond acceptors (Lipinski definition) is 6. The molecule has 1 fully saturated rings. The zero-order chi connectivity index (χ0) is 16.4. The first kappa shape index (κ1) is 14.6. The predicted octanol–water partition coefficient (Wildman–Crippen LogP) is 2.75. The van der Waals surface area contributed by atoms with Crippen LogP contribution >= 0.6 is 0 Å². The number of benzene rings is 1. The lowest BCUT2D eigenvalue weighted by molar-refractivity contribution is 0.190. The van der Waals surface area contributed by atoms with Crippen LogP contribution in [-0.2, 0) is 0 Å². The molecule has 0 amide bonds. The number of imidazole rings is 1. The summed E-state index contributed by atoms with van der Waals surface area (Å²) in [5.74, 6) is 0.113. The van der Waals surface area contributed by atoms with Gasteiger partial charge in [0.2, 0.25) is 0 Å². The van der Waals surface area contributed by atoms with Gasteiger partial charge in [0.1, 0.15) is 17.5 Å². The Bertz CT molecular complexity index is 812. The van der Waals surface area contributed by atoms with Gasteiger partial charge in [0.25, 0.3) is 0 Å². The normalized spacial score (nSPS) is 14.8. The largest absolute Gasteiger partial charge is 0.507 e. The molecule has 0 bridgehead atoms. The van der Waals surface area contributed by atoms with Crippen molar-refractivity contribution < 1.29 is 9.84 Å². The summed E-state index contributed by atoms with van der Waals surface area (Å²) in [5, 5.41) is 18.4. The maximum absolute atomic E-state index is 10.3. The summed E-state index contributed by atoms with van der Waals surface area (Å²) in [6, 6.07) is 5.61. The number of aromatic nitrogens is 5. The van der Waals surface area contributed by atoms with E-state index in [1.807, 2.05) is 16.8 Å². The van der Waals surface area contributed by atoms with Gasteiger partial charge in [-0.2, -0.15) is 0 Å². The van der Waals surface area contributed by atoms with E-state index in [0.29, 0.717) is 17.3 Å². The van der Waals surface area contributed by atoms with Gasteiger partial charge in [-0.25, -0.2) is 9.97 Å². The molecule has 7 heteroatoms. The van der Waals surface area contributed by atoms with Crippen molar-refractivity contribution in [1.82, 2.24) is 24.7 Å². The van der Waals surface area contributed by atoms with Gasteiger partial charge >= 0.3 is 6.01 Å². The summed E-state index contributed by atoms with van der Waals surface area (Å²) in [7, 11) is 0. The molecule has 0 saturated heterocycles. The van der Waals surface area contributed by atoms with Crippen LogP contribution in [0.1, 0.15) is 25.7 Å². The number of phenolic OH excluding ortho intramolecular Hbond substituents is 1. The molecule has 1 aliphatic rings. The average Bonchev–Trinajstić information content (AvgIpc) is 3.29. The lowest BCUT2D eigenvalue weighted by atomic mass is 10.1. The second-order valence-electron chi connectivity index (χ2n) is 5.82. The minimum Gasteiger partial charge on any atom is -0.507 e. The first-order chi connectivity index (χ1) is 11.8. The standard InChI is InChI=1S/C17H17N5O2/c23-16-9-12(22-8-7-18-11-22)5-6-14(16)15-10-19-17(21-20-15)24-13-3-1-2-4-13/h5-11,13,23H,1-4H2. The van der Waals surface area contributed by atoms with Crippen molar-refractivity contribution in [2.45, 2.75) is 31.8 Å². The van der Waals surface area contributed by atoms with Crippen LogP contribution in [0.25, 0.3) is 16.9 Å². The lowest BCUT2D eigenvalue weighted by Crippen LogP contribution is -2.13. The lowest BCUT2D eigenvalue weighted by Gasteiger charge is -2.11. The van der Waals surface area contributed by atoms with E-state index >= 15 is 0 Å². The van der Waals surface area contributed by atoms with Crippen molar-refractivity contribution in [3.63, 3.8) is 0 Å². The molecule has 0 unspecified atom stereocenters. The number of nitrogens with zero attached hydrogens (tertiary/aromatic N) is 5. The van der Waals surface area contributed by atoms with E-state index < -0.39 is 0 Å². The van der Waals surface area contributed by atoms with E-state index in [-0.39, 0.29) is 11.9 Å². The minimum atomic E-state index is 0.113. The number of phenols is 1. The van der Waals surface area contributed by atoms with Gasteiger partial charge < -0.3 is 14.4 Å². The SMILES string of the molecule is Oc1cc(-n2ccnc2)ccc1-c1cnc(OC2CCCC2)nn1. The highest BCUT2D eigenvalue weighted by Crippen LogP contribution is 2.29. The van der Waals surface area contributed by atoms with Crippen LogP contribution in [0.3, 0.4) is 0 Å². The third kappa shape index (κ3) is 2.92. The maximum atomic E-state index is 10.3. The fraction of sp³-hybridized carbons (Fsp3) is 0.294. The monoisotopic (exact) mass is 323 g/mol. The molecule has 0 aliphatic heterocycles. The second-order valence-corrected chi connectivity index (χ2v) is 5.82. The molecule has 3 aromatic rings. The van der Waals surface area contributed by atoms with Gasteiger partial charge in [-0.3, -0.25) is 0 Å². The Morgan fingerprint density at radius 3 is 2.71 bits per heavy atom. The Morgan fingerprint density at radius 1 is 1.17 bits per heavy atom. The number of aromatic hydroxyl groups is 1. The first-order valence-electron chi connectivity index (χ1n) is 7.98. The summed E-state index contributed by atoms with van der Waals surface area (Å²) in [6.45, 7) is 0. The zero-order valence-electron chi connectivity index (χ0n) is 13.0. The van der Waals surface area contributed by atoms with E-state index in [4.69, 9.17) is 4.74 Å². The van der Waals surface area contributed by atoms with Crippen LogP contribution in [0.4, 0.5) is 0 Å². The van der Waals surface area contributed by atoms with Crippen LogP contribution in [0.2, 0.25) is 0 Å². The van der Waals surface area contributed by atoms with Crippen LogP contribution in [-0.4, -0.2) is 35.9 Å². The molecular formula is C17H17N5O2. The molecule has 2 aromatic heterocycles. The summed E-state index contributed by atoms with van der Waals surface area (Å²) < 4.78 is 7.52. The van der Waals surface area contributed by atoms with E-state index in [9.17, 15) is 5.11 Å². The maximum Gasteiger partial charge on any atom is 0.335 e. The molecule has 7 nitrogen and oxygen atoms in total. The molecule has 0 atom stereocenters. The molecule has 2 heterocycles. The quantitative estimate of drug-likeness (QED) is 0.794. The van der Waals surface area contributed by atoms with Crippen LogP contribution in [0, 0.1) is 0 Å². The van der Waals surface area contributed by atoms with E-state index in [2.05, 4.69) is 20.2 Å². The number of hydrogen-bond donors (Lipinski definition) is 1. The molecule has 1 saturated carbocycles. The molecule has 1 aliphatic carbocycles. The summed E-state index contributed by atoms with van der Waals surface area (Å²) in [4.78, 5) is 8.21. The van der Waals surface area contributed by atoms with Crippen LogP contribution in [0.15, 0.2) is 43.1 Å². The van der Waals surface area contributed by atoms with Crippen molar-refractivity contribution in [3.8, 4) is 28.7 Å². The van der Waals surface area contributed by atoms with Gasteiger partial charge in [-0.05, 0) is 37.8 Å². The number of ether oxygens (including phenoxy) is 1. The summed E-state index contributed by atoms with van der Waals surface area (Å²) >= 11 is 0. The van der Waals surface area contributed by atoms with E-state index in [1.54, 1.807) is 30.9 Å². The van der Waals surface area contributed by atoms with Crippen molar-refractivity contribution >= 4 is 0 Å². The molecule has 1 N–H and O–H groups in total. The summed E-state index contributed by atoms with van der Waals surface area (Å²) in [6.07, 6.45) is 11.4. The van der Waals surface area contributed by atoms with E-state index in [0.717, 1.165) is 18.5 Å². The Labute approximate surface area is 139 Å². The fourth-order valence-corrected chi connectivity index (χ4v) is 2.91. The van der Waals surface area contributed by atoms with Crippen molar-refractivity contribution in [3.05, 3.63) is 43.1 Å². The molecule has 0 spiro atoms. The molecule has 1 aromatic carbocycles. The van der Waals surface area contributed by atoms with Crippen LogP contribution < -0.4 is 4.74 Å².